The molecule has 0 fully saturated rings. The minimum atomic E-state index is 0. The topological polar surface area (TPSA) is 0 Å². The third kappa shape index (κ3) is 9.08. The van der Waals surface area contributed by atoms with Crippen LogP contribution < -0.4 is 0 Å². The van der Waals surface area contributed by atoms with Crippen LogP contribution >= 0.6 is 13.5 Å². The van der Waals surface area contributed by atoms with Crippen molar-refractivity contribution in [2.24, 2.45) is 0 Å². The van der Waals surface area contributed by atoms with E-state index in [-0.39, 0.29) is 109 Å². The van der Waals surface area contributed by atoms with Crippen molar-refractivity contribution in [2.75, 3.05) is 0 Å². The van der Waals surface area contributed by atoms with Crippen molar-refractivity contribution in [1.82, 2.24) is 0 Å². The second-order valence-corrected chi connectivity index (χ2v) is 0. The molecule has 4 heteroatoms. The molecule has 0 heterocycles. The largest absolute Gasteiger partial charge is 0 e. The third-order valence-electron chi connectivity index (χ3n) is 0. The summed E-state index contributed by atoms with van der Waals surface area (Å²) in [6, 6.07) is 0. The van der Waals surface area contributed by atoms with E-state index in [1.165, 1.54) is 0 Å². The zero-order valence-electron chi connectivity index (χ0n) is 1.91. The molecule has 0 saturated heterocycles. The maximum Gasteiger partial charge on any atom is 0 e. The van der Waals surface area contributed by atoms with Gasteiger partial charge in [0.1, 0.15) is 0 Å². The Bertz CT molecular complexity index is 8.00. The molecule has 0 aromatic rings. The van der Waals surface area contributed by atoms with Gasteiger partial charge in [0.25, 0.3) is 0 Å². The molecule has 0 atom stereocenters. The van der Waals surface area contributed by atoms with E-state index in [4.69, 9.17) is 0 Å². The monoisotopic (exact) mass is 352 g/mol. The first kappa shape index (κ1) is 26.0. The molecule has 0 aliphatic rings. The summed E-state index contributed by atoms with van der Waals surface area (Å²) in [5, 5.41) is 0. The molecule has 0 unspecified atom stereocenters. The van der Waals surface area contributed by atoms with Crippen LogP contribution in [0.5, 0.6) is 0 Å². The van der Waals surface area contributed by atoms with Crippen molar-refractivity contribution in [2.45, 2.75) is 0 Å². The van der Waals surface area contributed by atoms with Gasteiger partial charge in [-0.25, -0.2) is 0 Å². The summed E-state index contributed by atoms with van der Waals surface area (Å²) in [4.78, 5) is 0. The number of hydrogen-bond acceptors (Lipinski definition) is 0. The van der Waals surface area contributed by atoms with Crippen LogP contribution in [0, 0.1) is 0 Å². The molecule has 0 N–H and O–H groups in total. The van der Waals surface area contributed by atoms with Gasteiger partial charge in [0.2, 0.25) is 0 Å². The van der Waals surface area contributed by atoms with E-state index in [1.807, 2.05) is 0 Å². The fourth-order valence-electron chi connectivity index (χ4n) is 0. The van der Waals surface area contributed by atoms with Gasteiger partial charge in [-0.05, 0) is 0 Å². The van der Waals surface area contributed by atoms with Gasteiger partial charge in [-0.2, -0.15) is 13.5 Å². The second-order valence-electron chi connectivity index (χ2n) is 0. The molecule has 0 rings (SSSR count). The standard InChI is InChI=1S/Ba.Cd.H2S.Zn.2H/h;;1H2;;;. The van der Waals surface area contributed by atoms with Crippen LogP contribution in [0.4, 0.5) is 0 Å². The molecule has 16 valence electrons. The minimum Gasteiger partial charge on any atom is 0 e. The quantitative estimate of drug-likeness (QED) is 0.501. The average molecular weight is 351 g/mol. The van der Waals surface area contributed by atoms with Crippen LogP contribution in [0.15, 0.2) is 0 Å². The summed E-state index contributed by atoms with van der Waals surface area (Å²) in [7, 11) is 0. The van der Waals surface area contributed by atoms with Crippen LogP contribution in [-0.2, 0) is 46.8 Å². The predicted octanol–water partition coefficient (Wildman–Crippen LogP) is -0.808. The van der Waals surface area contributed by atoms with E-state index in [1.54, 1.807) is 0 Å². The first-order valence-electron chi connectivity index (χ1n) is 0. The fraction of sp³-hybridized carbons (Fsp3) is 0. The van der Waals surface area contributed by atoms with Crippen LogP contribution in [-0.4, -0.2) is 48.9 Å². The smallest absolute Gasteiger partial charge is 0 e. The molecule has 0 aromatic carbocycles. The zero-order chi connectivity index (χ0) is 0. The Morgan fingerprint density at radius 3 is 1.00 bits per heavy atom. The summed E-state index contributed by atoms with van der Waals surface area (Å²) in [5.41, 5.74) is 0. The van der Waals surface area contributed by atoms with E-state index in [0.717, 1.165) is 0 Å². The molecular formula is H4BaCdSZn. The van der Waals surface area contributed by atoms with Crippen LogP contribution in [0.1, 0.15) is 0 Å². The molecule has 0 aliphatic heterocycles. The van der Waals surface area contributed by atoms with E-state index in [9.17, 15) is 0 Å². The van der Waals surface area contributed by atoms with E-state index >= 15 is 0 Å². The predicted molar refractivity (Wildman–Crippen MR) is 18.9 cm³/mol. The average Bonchev–Trinajstić information content (AvgIpc) is 0. The van der Waals surface area contributed by atoms with Crippen molar-refractivity contribution >= 4 is 62.4 Å². The number of rotatable bonds is 0. The summed E-state index contributed by atoms with van der Waals surface area (Å²) >= 11 is 0. The van der Waals surface area contributed by atoms with Crippen molar-refractivity contribution in [3.63, 3.8) is 0 Å². The van der Waals surface area contributed by atoms with Gasteiger partial charge in [0, 0.05) is 46.8 Å². The van der Waals surface area contributed by atoms with E-state index in [2.05, 4.69) is 0 Å². The molecule has 0 spiro atoms. The maximum absolute atomic E-state index is 0. The summed E-state index contributed by atoms with van der Waals surface area (Å²) in [6.07, 6.45) is 0. The second kappa shape index (κ2) is 16.1. The van der Waals surface area contributed by atoms with Crippen LogP contribution in [0.3, 0.4) is 0 Å². The Hall–Kier alpha value is 3.47. The molecule has 0 amide bonds. The Morgan fingerprint density at radius 2 is 1.00 bits per heavy atom. The molecule has 0 bridgehead atoms. The molecule has 0 radical (unpaired) electrons. The van der Waals surface area contributed by atoms with Crippen LogP contribution in [0.2, 0.25) is 0 Å². The van der Waals surface area contributed by atoms with Gasteiger partial charge in [-0.15, -0.1) is 0 Å². The zero-order valence-corrected chi connectivity index (χ0v) is 9.92. The SMILES string of the molecule is S.[BaH2].[Cd].[Zn]. The molecule has 0 saturated carbocycles. The number of hydrogen-bond donors (Lipinski definition) is 0. The molecule has 0 aliphatic carbocycles. The Balaban J connectivity index is 0. The maximum atomic E-state index is 0. The van der Waals surface area contributed by atoms with E-state index in [0.29, 0.717) is 0 Å². The fourth-order valence-corrected chi connectivity index (χ4v) is 0. The van der Waals surface area contributed by atoms with Crippen LogP contribution in [0.25, 0.3) is 0 Å². The summed E-state index contributed by atoms with van der Waals surface area (Å²) in [5.74, 6) is 0. The molecular weight excluding hydrogens is 347 g/mol. The molecule has 0 nitrogen and oxygen atoms in total. The van der Waals surface area contributed by atoms with Gasteiger partial charge in [0.05, 0.1) is 0 Å². The van der Waals surface area contributed by atoms with E-state index < -0.39 is 0 Å². The van der Waals surface area contributed by atoms with Gasteiger partial charge in [-0.1, -0.05) is 0 Å². The Morgan fingerprint density at radius 1 is 1.00 bits per heavy atom. The summed E-state index contributed by atoms with van der Waals surface area (Å²) < 4.78 is 0. The van der Waals surface area contributed by atoms with Gasteiger partial charge >= 0.3 is 48.9 Å². The van der Waals surface area contributed by atoms with Crippen molar-refractivity contribution < 1.29 is 46.8 Å². The van der Waals surface area contributed by atoms with Crippen molar-refractivity contribution in [3.05, 3.63) is 0 Å². The third-order valence-corrected chi connectivity index (χ3v) is 0. The van der Waals surface area contributed by atoms with Gasteiger partial charge in [0.15, 0.2) is 0 Å². The first-order chi connectivity index (χ1) is 0. The normalized spacial score (nSPS) is 0. The molecule has 4 heavy (non-hydrogen) atoms. The van der Waals surface area contributed by atoms with Gasteiger partial charge in [-0.3, -0.25) is 0 Å². The van der Waals surface area contributed by atoms with Crippen molar-refractivity contribution in [1.29, 1.82) is 0 Å². The molecule has 0 aromatic heterocycles. The summed E-state index contributed by atoms with van der Waals surface area (Å²) in [6.45, 7) is 0. The minimum absolute atomic E-state index is 0. The Labute approximate surface area is 106 Å². The van der Waals surface area contributed by atoms with Crippen molar-refractivity contribution in [3.8, 4) is 0 Å². The first-order valence-corrected chi connectivity index (χ1v) is 0. The van der Waals surface area contributed by atoms with Gasteiger partial charge < -0.3 is 0 Å². The Kier molecular flexibility index (Phi) is 104.